The highest BCUT2D eigenvalue weighted by Gasteiger charge is 2.13. The van der Waals surface area contributed by atoms with E-state index in [2.05, 4.69) is 15.3 Å². The van der Waals surface area contributed by atoms with E-state index in [4.69, 9.17) is 11.6 Å². The predicted molar refractivity (Wildman–Crippen MR) is 58.3 cm³/mol. The van der Waals surface area contributed by atoms with E-state index in [1.54, 1.807) is 30.1 Å². The molecule has 0 saturated heterocycles. The van der Waals surface area contributed by atoms with Crippen molar-refractivity contribution >= 4 is 17.4 Å². The minimum atomic E-state index is -0.161. The van der Waals surface area contributed by atoms with E-state index in [-0.39, 0.29) is 17.9 Å². The average molecular weight is 237 g/mol. The lowest BCUT2D eigenvalue weighted by atomic mass is 10.1. The number of rotatable bonds is 3. The molecule has 0 N–H and O–H groups in total. The lowest BCUT2D eigenvalue weighted by molar-refractivity contribution is 0.0987. The largest absolute Gasteiger partial charge is 0.292 e. The molecule has 0 aliphatic heterocycles. The summed E-state index contributed by atoms with van der Waals surface area (Å²) in [7, 11) is 1.74. The molecule has 82 valence electrons. The summed E-state index contributed by atoms with van der Waals surface area (Å²) in [5.74, 6) is -0.161. The number of halogens is 1. The molecule has 0 fully saturated rings. The van der Waals surface area contributed by atoms with Crippen LogP contribution in [0.5, 0.6) is 0 Å². The number of carbonyl (C=O) groups excluding carboxylic acids is 1. The first-order chi connectivity index (χ1) is 7.66. The zero-order valence-electron chi connectivity index (χ0n) is 8.59. The SMILES string of the molecule is Cn1cc(CC(=O)c2ncccc2Cl)nn1. The second-order valence-corrected chi connectivity index (χ2v) is 3.72. The Morgan fingerprint density at radius 2 is 2.38 bits per heavy atom. The molecule has 2 aromatic rings. The summed E-state index contributed by atoms with van der Waals surface area (Å²) in [5, 5.41) is 7.94. The number of hydrogen-bond donors (Lipinski definition) is 0. The van der Waals surface area contributed by atoms with Crippen molar-refractivity contribution in [3.63, 3.8) is 0 Å². The predicted octanol–water partition coefficient (Wildman–Crippen LogP) is 1.29. The maximum atomic E-state index is 11.8. The van der Waals surface area contributed by atoms with E-state index in [1.165, 1.54) is 6.20 Å². The van der Waals surface area contributed by atoms with Crippen molar-refractivity contribution in [1.82, 2.24) is 20.0 Å². The van der Waals surface area contributed by atoms with Gasteiger partial charge < -0.3 is 0 Å². The van der Waals surface area contributed by atoms with Gasteiger partial charge in [-0.1, -0.05) is 16.8 Å². The van der Waals surface area contributed by atoms with Gasteiger partial charge in [0.05, 0.1) is 17.1 Å². The first-order valence-corrected chi connectivity index (χ1v) is 5.03. The van der Waals surface area contributed by atoms with Crippen molar-refractivity contribution in [2.75, 3.05) is 0 Å². The van der Waals surface area contributed by atoms with Crippen molar-refractivity contribution in [3.05, 3.63) is 40.9 Å². The highest BCUT2D eigenvalue weighted by atomic mass is 35.5. The molecular formula is C10H9ClN4O. The van der Waals surface area contributed by atoms with E-state index in [0.29, 0.717) is 10.7 Å². The molecule has 0 saturated carbocycles. The fourth-order valence-corrected chi connectivity index (χ4v) is 1.54. The van der Waals surface area contributed by atoms with Crippen LogP contribution in [0.15, 0.2) is 24.5 Å². The van der Waals surface area contributed by atoms with Crippen LogP contribution in [-0.4, -0.2) is 25.8 Å². The summed E-state index contributed by atoms with van der Waals surface area (Å²) in [4.78, 5) is 15.8. The Labute approximate surface area is 97.1 Å². The molecule has 0 bridgehead atoms. The zero-order valence-corrected chi connectivity index (χ0v) is 9.35. The fourth-order valence-electron chi connectivity index (χ4n) is 1.32. The minimum absolute atomic E-state index is 0.157. The van der Waals surface area contributed by atoms with Crippen molar-refractivity contribution < 1.29 is 4.79 Å². The zero-order chi connectivity index (χ0) is 11.5. The molecule has 0 aromatic carbocycles. The molecular weight excluding hydrogens is 228 g/mol. The second kappa shape index (κ2) is 4.40. The Balaban J connectivity index is 2.18. The first kappa shape index (κ1) is 10.8. The van der Waals surface area contributed by atoms with Crippen LogP contribution in [-0.2, 0) is 13.5 Å². The number of pyridine rings is 1. The molecule has 0 aliphatic carbocycles. The summed E-state index contributed by atoms with van der Waals surface area (Å²) in [6.45, 7) is 0. The average Bonchev–Trinajstić information content (AvgIpc) is 2.64. The van der Waals surface area contributed by atoms with Gasteiger partial charge in [-0.05, 0) is 12.1 Å². The Kier molecular flexibility index (Phi) is 2.96. The van der Waals surface area contributed by atoms with Crippen molar-refractivity contribution in [3.8, 4) is 0 Å². The quantitative estimate of drug-likeness (QED) is 0.754. The number of nitrogens with zero attached hydrogens (tertiary/aromatic N) is 4. The topological polar surface area (TPSA) is 60.7 Å². The molecule has 5 nitrogen and oxygen atoms in total. The fraction of sp³-hybridized carbons (Fsp3) is 0.200. The van der Waals surface area contributed by atoms with Gasteiger partial charge in [-0.3, -0.25) is 14.5 Å². The second-order valence-electron chi connectivity index (χ2n) is 3.32. The van der Waals surface area contributed by atoms with Crippen molar-refractivity contribution in [1.29, 1.82) is 0 Å². The molecule has 0 atom stereocenters. The van der Waals surface area contributed by atoms with Crippen LogP contribution in [0.3, 0.4) is 0 Å². The molecule has 2 heterocycles. The maximum absolute atomic E-state index is 11.8. The van der Waals surface area contributed by atoms with E-state index < -0.39 is 0 Å². The standard InChI is InChI=1S/C10H9ClN4O/c1-15-6-7(13-14-15)5-9(16)10-8(11)3-2-4-12-10/h2-4,6H,5H2,1H3. The molecule has 2 rings (SSSR count). The highest BCUT2D eigenvalue weighted by Crippen LogP contribution is 2.14. The summed E-state index contributed by atoms with van der Waals surface area (Å²) in [6, 6.07) is 3.32. The van der Waals surface area contributed by atoms with Gasteiger partial charge in [0.15, 0.2) is 5.78 Å². The third-order valence-corrected chi connectivity index (χ3v) is 2.32. The summed E-state index contributed by atoms with van der Waals surface area (Å²) >= 11 is 5.87. The molecule has 0 radical (unpaired) electrons. The van der Waals surface area contributed by atoms with Crippen LogP contribution in [0.1, 0.15) is 16.2 Å². The van der Waals surface area contributed by atoms with Gasteiger partial charge in [0.1, 0.15) is 5.69 Å². The first-order valence-electron chi connectivity index (χ1n) is 4.66. The van der Waals surface area contributed by atoms with Gasteiger partial charge in [0, 0.05) is 19.4 Å². The number of Topliss-reactive ketones (excluding diaryl/α,β-unsaturated/α-hetero) is 1. The van der Waals surface area contributed by atoms with Crippen LogP contribution in [0, 0.1) is 0 Å². The number of ketones is 1. The molecule has 0 amide bonds. The van der Waals surface area contributed by atoms with Crippen molar-refractivity contribution in [2.24, 2.45) is 7.05 Å². The molecule has 16 heavy (non-hydrogen) atoms. The Bertz CT molecular complexity index is 523. The van der Waals surface area contributed by atoms with Gasteiger partial charge in [0.25, 0.3) is 0 Å². The number of hydrogen-bond acceptors (Lipinski definition) is 4. The summed E-state index contributed by atoms with van der Waals surface area (Å²) in [5.41, 5.74) is 0.879. The smallest absolute Gasteiger partial charge is 0.188 e. The van der Waals surface area contributed by atoms with Gasteiger partial charge >= 0.3 is 0 Å². The number of aryl methyl sites for hydroxylation is 1. The Hall–Kier alpha value is -1.75. The molecule has 0 aliphatic rings. The minimum Gasteiger partial charge on any atom is -0.292 e. The van der Waals surface area contributed by atoms with E-state index in [0.717, 1.165) is 0 Å². The normalized spacial score (nSPS) is 10.4. The van der Waals surface area contributed by atoms with Gasteiger partial charge in [-0.2, -0.15) is 0 Å². The third-order valence-electron chi connectivity index (χ3n) is 2.01. The summed E-state index contributed by atoms with van der Waals surface area (Å²) < 4.78 is 1.54. The van der Waals surface area contributed by atoms with Gasteiger partial charge in [-0.15, -0.1) is 5.10 Å². The van der Waals surface area contributed by atoms with Crippen LogP contribution in [0.2, 0.25) is 5.02 Å². The lowest BCUT2D eigenvalue weighted by Crippen LogP contribution is -2.06. The molecule has 0 unspecified atom stereocenters. The maximum Gasteiger partial charge on any atom is 0.188 e. The van der Waals surface area contributed by atoms with E-state index in [9.17, 15) is 4.79 Å². The monoisotopic (exact) mass is 236 g/mol. The van der Waals surface area contributed by atoms with E-state index in [1.807, 2.05) is 0 Å². The van der Waals surface area contributed by atoms with Crippen LogP contribution >= 0.6 is 11.6 Å². The van der Waals surface area contributed by atoms with Crippen LogP contribution < -0.4 is 0 Å². The third kappa shape index (κ3) is 2.25. The number of aromatic nitrogens is 4. The summed E-state index contributed by atoms with van der Waals surface area (Å²) in [6.07, 6.45) is 3.38. The molecule has 2 aromatic heterocycles. The van der Waals surface area contributed by atoms with Gasteiger partial charge in [0.2, 0.25) is 0 Å². The van der Waals surface area contributed by atoms with Crippen molar-refractivity contribution in [2.45, 2.75) is 6.42 Å². The van der Waals surface area contributed by atoms with Gasteiger partial charge in [-0.25, -0.2) is 0 Å². The highest BCUT2D eigenvalue weighted by molar-refractivity contribution is 6.33. The number of carbonyl (C=O) groups is 1. The van der Waals surface area contributed by atoms with Crippen LogP contribution in [0.4, 0.5) is 0 Å². The Morgan fingerprint density at radius 3 is 3.00 bits per heavy atom. The molecule has 6 heteroatoms. The molecule has 0 spiro atoms. The van der Waals surface area contributed by atoms with E-state index >= 15 is 0 Å². The van der Waals surface area contributed by atoms with Crippen LogP contribution in [0.25, 0.3) is 0 Å². The Morgan fingerprint density at radius 1 is 1.56 bits per heavy atom. The lowest BCUT2D eigenvalue weighted by Gasteiger charge is -1.99.